The van der Waals surface area contributed by atoms with Gasteiger partial charge in [-0.3, -0.25) is 9.80 Å². The second-order valence-electron chi connectivity index (χ2n) is 4.31. The maximum Gasteiger partial charge on any atom is 0.332 e. The van der Waals surface area contributed by atoms with Gasteiger partial charge >= 0.3 is 5.97 Å². The molecule has 0 aromatic heterocycles. The third-order valence-corrected chi connectivity index (χ3v) is 3.29. The van der Waals surface area contributed by atoms with E-state index in [1.54, 1.807) is 0 Å². The van der Waals surface area contributed by atoms with Crippen molar-refractivity contribution in [2.75, 3.05) is 32.7 Å². The van der Waals surface area contributed by atoms with Crippen LogP contribution in [0.1, 0.15) is 20.3 Å². The summed E-state index contributed by atoms with van der Waals surface area (Å²) >= 11 is 0. The number of carboxylic acids is 1. The van der Waals surface area contributed by atoms with Gasteiger partial charge in [0, 0.05) is 31.2 Å². The first-order valence-corrected chi connectivity index (χ1v) is 5.95. The minimum Gasteiger partial charge on any atom is -0.478 e. The molecule has 4 nitrogen and oxygen atoms in total. The van der Waals surface area contributed by atoms with Gasteiger partial charge in [0.2, 0.25) is 0 Å². The highest BCUT2D eigenvalue weighted by molar-refractivity contribution is 5.86. The van der Waals surface area contributed by atoms with Crippen LogP contribution < -0.4 is 0 Å². The summed E-state index contributed by atoms with van der Waals surface area (Å²) in [5.74, 6) is -0.883. The predicted octanol–water partition coefficient (Wildman–Crippen LogP) is 1.04. The quantitative estimate of drug-likeness (QED) is 0.687. The molecule has 1 atom stereocenters. The Morgan fingerprint density at radius 2 is 2.12 bits per heavy atom. The van der Waals surface area contributed by atoms with E-state index in [9.17, 15) is 4.79 Å². The van der Waals surface area contributed by atoms with Crippen molar-refractivity contribution in [2.45, 2.75) is 26.3 Å². The molecule has 0 saturated carbocycles. The number of carboxylic acid groups (broad SMARTS) is 1. The molecule has 1 unspecified atom stereocenters. The highest BCUT2D eigenvalue weighted by Crippen LogP contribution is 2.16. The van der Waals surface area contributed by atoms with Crippen LogP contribution in [0, 0.1) is 0 Å². The molecule has 0 bridgehead atoms. The van der Waals surface area contributed by atoms with Crippen LogP contribution in [-0.4, -0.2) is 59.6 Å². The molecule has 1 rings (SSSR count). The van der Waals surface area contributed by atoms with E-state index >= 15 is 0 Å². The smallest absolute Gasteiger partial charge is 0.332 e. The van der Waals surface area contributed by atoms with Gasteiger partial charge in [0.15, 0.2) is 0 Å². The summed E-state index contributed by atoms with van der Waals surface area (Å²) in [6.45, 7) is 12.5. The van der Waals surface area contributed by atoms with Crippen LogP contribution >= 0.6 is 0 Å². The fourth-order valence-corrected chi connectivity index (χ4v) is 2.33. The summed E-state index contributed by atoms with van der Waals surface area (Å²) in [7, 11) is 0. The van der Waals surface area contributed by atoms with Gasteiger partial charge in [0.1, 0.15) is 0 Å². The maximum atomic E-state index is 10.7. The Hall–Kier alpha value is -0.870. The van der Waals surface area contributed by atoms with E-state index in [1.165, 1.54) is 0 Å². The zero-order valence-electron chi connectivity index (χ0n) is 10.3. The zero-order chi connectivity index (χ0) is 12.1. The van der Waals surface area contributed by atoms with Gasteiger partial charge in [-0.1, -0.05) is 20.4 Å². The van der Waals surface area contributed by atoms with Crippen molar-refractivity contribution < 1.29 is 9.90 Å². The SMILES string of the molecule is C=C(CN1CCC(N(CC)CC)C1)C(=O)O. The molecule has 1 fully saturated rings. The summed E-state index contributed by atoms with van der Waals surface area (Å²) in [5, 5.41) is 8.77. The first-order valence-electron chi connectivity index (χ1n) is 5.95. The van der Waals surface area contributed by atoms with Crippen LogP contribution in [0.2, 0.25) is 0 Å². The molecule has 16 heavy (non-hydrogen) atoms. The monoisotopic (exact) mass is 226 g/mol. The molecule has 1 heterocycles. The van der Waals surface area contributed by atoms with Gasteiger partial charge in [0.25, 0.3) is 0 Å². The van der Waals surface area contributed by atoms with Crippen molar-refractivity contribution in [3.05, 3.63) is 12.2 Å². The number of carbonyl (C=O) groups is 1. The maximum absolute atomic E-state index is 10.7. The lowest BCUT2D eigenvalue weighted by Gasteiger charge is -2.26. The van der Waals surface area contributed by atoms with Crippen LogP contribution in [-0.2, 0) is 4.79 Å². The highest BCUT2D eigenvalue weighted by Gasteiger charge is 2.26. The largest absolute Gasteiger partial charge is 0.478 e. The van der Waals surface area contributed by atoms with E-state index in [0.717, 1.165) is 32.6 Å². The van der Waals surface area contributed by atoms with Crippen LogP contribution in [0.3, 0.4) is 0 Å². The number of nitrogens with zero attached hydrogens (tertiary/aromatic N) is 2. The number of hydrogen-bond donors (Lipinski definition) is 1. The van der Waals surface area contributed by atoms with Crippen molar-refractivity contribution in [1.82, 2.24) is 9.80 Å². The Bertz CT molecular complexity index is 262. The Labute approximate surface area is 97.5 Å². The van der Waals surface area contributed by atoms with Gasteiger partial charge in [-0.25, -0.2) is 4.79 Å². The minimum absolute atomic E-state index is 0.292. The fraction of sp³-hybridized carbons (Fsp3) is 0.750. The third-order valence-electron chi connectivity index (χ3n) is 3.29. The third kappa shape index (κ3) is 3.32. The first-order chi connectivity index (χ1) is 7.58. The molecule has 0 aromatic rings. The number of aliphatic carboxylic acids is 1. The van der Waals surface area contributed by atoms with Crippen LogP contribution in [0.5, 0.6) is 0 Å². The normalized spacial score (nSPS) is 21.6. The molecule has 1 aliphatic rings. The lowest BCUT2D eigenvalue weighted by Crippen LogP contribution is -2.37. The lowest BCUT2D eigenvalue weighted by molar-refractivity contribution is -0.132. The standard InChI is InChI=1S/C12H22N2O2/c1-4-14(5-2)11-6-7-13(9-11)8-10(3)12(15)16/h11H,3-9H2,1-2H3,(H,15,16). The lowest BCUT2D eigenvalue weighted by atomic mass is 10.2. The van der Waals surface area contributed by atoms with Crippen molar-refractivity contribution in [3.63, 3.8) is 0 Å². The fourth-order valence-electron chi connectivity index (χ4n) is 2.33. The molecule has 1 saturated heterocycles. The van der Waals surface area contributed by atoms with E-state index in [0.29, 0.717) is 18.2 Å². The average molecular weight is 226 g/mol. The number of likely N-dealkylation sites (tertiary alicyclic amines) is 1. The molecule has 92 valence electrons. The molecule has 0 aliphatic carbocycles. The highest BCUT2D eigenvalue weighted by atomic mass is 16.4. The molecule has 0 amide bonds. The predicted molar refractivity (Wildman–Crippen MR) is 64.5 cm³/mol. The second-order valence-corrected chi connectivity index (χ2v) is 4.31. The van der Waals surface area contributed by atoms with Gasteiger partial charge in [-0.05, 0) is 19.5 Å². The van der Waals surface area contributed by atoms with Crippen LogP contribution in [0.15, 0.2) is 12.2 Å². The molecular formula is C12H22N2O2. The van der Waals surface area contributed by atoms with Gasteiger partial charge in [0.05, 0.1) is 0 Å². The van der Waals surface area contributed by atoms with E-state index in [-0.39, 0.29) is 0 Å². The summed E-state index contributed by atoms with van der Waals surface area (Å²) < 4.78 is 0. The zero-order valence-corrected chi connectivity index (χ0v) is 10.3. The molecule has 1 N–H and O–H groups in total. The Balaban J connectivity index is 2.40. The minimum atomic E-state index is -0.883. The summed E-state index contributed by atoms with van der Waals surface area (Å²) in [6.07, 6.45) is 1.13. The Morgan fingerprint density at radius 3 is 2.62 bits per heavy atom. The summed E-state index contributed by atoms with van der Waals surface area (Å²) in [5.41, 5.74) is 0.292. The molecule has 0 radical (unpaired) electrons. The average Bonchev–Trinajstić information content (AvgIpc) is 2.68. The molecule has 4 heteroatoms. The van der Waals surface area contributed by atoms with E-state index in [2.05, 4.69) is 30.2 Å². The van der Waals surface area contributed by atoms with Crippen molar-refractivity contribution in [2.24, 2.45) is 0 Å². The van der Waals surface area contributed by atoms with Crippen molar-refractivity contribution in [1.29, 1.82) is 0 Å². The molecular weight excluding hydrogens is 204 g/mol. The van der Waals surface area contributed by atoms with Gasteiger partial charge in [-0.15, -0.1) is 0 Å². The topological polar surface area (TPSA) is 43.8 Å². The summed E-state index contributed by atoms with van der Waals surface area (Å²) in [6, 6.07) is 0.580. The van der Waals surface area contributed by atoms with Crippen molar-refractivity contribution >= 4 is 5.97 Å². The number of likely N-dealkylation sites (N-methyl/N-ethyl adjacent to an activating group) is 1. The number of rotatable bonds is 6. The number of hydrogen-bond acceptors (Lipinski definition) is 3. The molecule has 0 aromatic carbocycles. The van der Waals surface area contributed by atoms with Gasteiger partial charge < -0.3 is 5.11 Å². The molecule has 1 aliphatic heterocycles. The van der Waals surface area contributed by atoms with Gasteiger partial charge in [-0.2, -0.15) is 0 Å². The summed E-state index contributed by atoms with van der Waals surface area (Å²) in [4.78, 5) is 15.3. The Kier molecular flexibility index (Phi) is 4.96. The van der Waals surface area contributed by atoms with E-state index in [4.69, 9.17) is 5.11 Å². The first kappa shape index (κ1) is 13.2. The van der Waals surface area contributed by atoms with Crippen LogP contribution in [0.4, 0.5) is 0 Å². The Morgan fingerprint density at radius 1 is 1.50 bits per heavy atom. The van der Waals surface area contributed by atoms with E-state index in [1.807, 2.05) is 0 Å². The molecule has 0 spiro atoms. The van der Waals surface area contributed by atoms with E-state index < -0.39 is 5.97 Å². The second kappa shape index (κ2) is 6.01. The van der Waals surface area contributed by atoms with Crippen molar-refractivity contribution in [3.8, 4) is 0 Å². The van der Waals surface area contributed by atoms with Crippen LogP contribution in [0.25, 0.3) is 0 Å².